The summed E-state index contributed by atoms with van der Waals surface area (Å²) in [6, 6.07) is 21.1. The molecule has 0 bridgehead atoms. The maximum Gasteiger partial charge on any atom is 0.276 e. The van der Waals surface area contributed by atoms with E-state index in [1.54, 1.807) is 12.1 Å². The fraction of sp³-hybridized carbons (Fsp3) is 0.150. The zero-order chi connectivity index (χ0) is 17.6. The second-order valence-electron chi connectivity index (χ2n) is 5.64. The van der Waals surface area contributed by atoms with Crippen LogP contribution in [-0.4, -0.2) is 23.2 Å². The van der Waals surface area contributed by atoms with Gasteiger partial charge in [-0.2, -0.15) is 0 Å². The van der Waals surface area contributed by atoms with Gasteiger partial charge in [-0.05, 0) is 42.3 Å². The molecule has 25 heavy (non-hydrogen) atoms. The van der Waals surface area contributed by atoms with E-state index in [1.165, 1.54) is 0 Å². The molecule has 1 N–H and O–H groups in total. The Bertz CT molecular complexity index is 847. The van der Waals surface area contributed by atoms with Crippen molar-refractivity contribution in [1.29, 1.82) is 0 Å². The maximum absolute atomic E-state index is 12.4. The predicted octanol–water partition coefficient (Wildman–Crippen LogP) is 4.06. The van der Waals surface area contributed by atoms with E-state index in [9.17, 15) is 4.79 Å². The van der Waals surface area contributed by atoms with Gasteiger partial charge in [-0.25, -0.2) is 0 Å². The van der Waals surface area contributed by atoms with Crippen LogP contribution in [0, 0.1) is 0 Å². The highest BCUT2D eigenvalue weighted by Crippen LogP contribution is 2.21. The topological polar surface area (TPSA) is 58.1 Å². The van der Waals surface area contributed by atoms with E-state index in [0.29, 0.717) is 5.82 Å². The van der Waals surface area contributed by atoms with E-state index < -0.39 is 0 Å². The number of nitrogens with one attached hydrogen (secondary N) is 1. The third-order valence-corrected chi connectivity index (χ3v) is 4.02. The van der Waals surface area contributed by atoms with Crippen molar-refractivity contribution in [3.8, 4) is 0 Å². The summed E-state index contributed by atoms with van der Waals surface area (Å²) in [6.45, 7) is 2.05. The van der Waals surface area contributed by atoms with Crippen LogP contribution in [0.15, 0.2) is 66.7 Å². The summed E-state index contributed by atoms with van der Waals surface area (Å²) < 4.78 is 0. The van der Waals surface area contributed by atoms with E-state index >= 15 is 0 Å². The molecular formula is C20H20N4O. The van der Waals surface area contributed by atoms with E-state index in [1.807, 2.05) is 66.5 Å². The number of aromatic nitrogens is 2. The van der Waals surface area contributed by atoms with Gasteiger partial charge >= 0.3 is 0 Å². The molecule has 0 unspecified atom stereocenters. The molecule has 1 aromatic heterocycles. The highest BCUT2D eigenvalue weighted by Gasteiger charge is 2.12. The van der Waals surface area contributed by atoms with E-state index in [-0.39, 0.29) is 11.6 Å². The molecule has 0 atom stereocenters. The van der Waals surface area contributed by atoms with Crippen LogP contribution in [-0.2, 0) is 6.42 Å². The normalized spacial score (nSPS) is 10.3. The minimum Gasteiger partial charge on any atom is -0.328 e. The van der Waals surface area contributed by atoms with Crippen molar-refractivity contribution in [2.24, 2.45) is 0 Å². The smallest absolute Gasteiger partial charge is 0.276 e. The van der Waals surface area contributed by atoms with Gasteiger partial charge in [0.25, 0.3) is 5.91 Å². The molecule has 126 valence electrons. The molecule has 1 heterocycles. The number of aryl methyl sites for hydroxylation is 1. The molecule has 0 saturated carbocycles. The van der Waals surface area contributed by atoms with Crippen LogP contribution in [0.5, 0.6) is 0 Å². The molecule has 0 aliphatic carbocycles. The van der Waals surface area contributed by atoms with Crippen molar-refractivity contribution in [3.05, 3.63) is 78.0 Å². The lowest BCUT2D eigenvalue weighted by Crippen LogP contribution is -2.17. The lowest BCUT2D eigenvalue weighted by atomic mass is 10.1. The highest BCUT2D eigenvalue weighted by atomic mass is 16.1. The number of rotatable bonds is 5. The largest absolute Gasteiger partial charge is 0.328 e. The molecule has 2 aromatic carbocycles. The maximum atomic E-state index is 12.4. The van der Waals surface area contributed by atoms with Crippen molar-refractivity contribution in [2.45, 2.75) is 13.3 Å². The summed E-state index contributed by atoms with van der Waals surface area (Å²) in [5, 5.41) is 11.2. The number of nitrogens with zero attached hydrogens (tertiary/aromatic N) is 3. The van der Waals surface area contributed by atoms with Gasteiger partial charge in [0.15, 0.2) is 11.5 Å². The van der Waals surface area contributed by atoms with Crippen molar-refractivity contribution < 1.29 is 4.79 Å². The number of carbonyl (C=O) groups is 1. The first-order chi connectivity index (χ1) is 12.2. The summed E-state index contributed by atoms with van der Waals surface area (Å²) >= 11 is 0. The average molecular weight is 332 g/mol. The van der Waals surface area contributed by atoms with Crippen molar-refractivity contribution >= 4 is 23.1 Å². The molecule has 0 saturated heterocycles. The lowest BCUT2D eigenvalue weighted by molar-refractivity contribution is 0.102. The van der Waals surface area contributed by atoms with Crippen LogP contribution in [0.2, 0.25) is 0 Å². The number of benzene rings is 2. The number of carbonyl (C=O) groups excluding carboxylic acids is 1. The molecule has 0 radical (unpaired) electrons. The Morgan fingerprint density at radius 1 is 0.960 bits per heavy atom. The van der Waals surface area contributed by atoms with Crippen molar-refractivity contribution in [3.63, 3.8) is 0 Å². The Labute approximate surface area is 147 Å². The van der Waals surface area contributed by atoms with Gasteiger partial charge in [-0.3, -0.25) is 4.79 Å². The number of hydrogen-bond donors (Lipinski definition) is 1. The van der Waals surface area contributed by atoms with Crippen LogP contribution in [0.1, 0.15) is 23.0 Å². The first-order valence-corrected chi connectivity index (χ1v) is 8.21. The van der Waals surface area contributed by atoms with Gasteiger partial charge in [-0.15, -0.1) is 10.2 Å². The van der Waals surface area contributed by atoms with Gasteiger partial charge in [0.05, 0.1) is 0 Å². The fourth-order valence-corrected chi connectivity index (χ4v) is 2.55. The first-order valence-electron chi connectivity index (χ1n) is 8.21. The average Bonchev–Trinajstić information content (AvgIpc) is 2.68. The quantitative estimate of drug-likeness (QED) is 0.765. The summed E-state index contributed by atoms with van der Waals surface area (Å²) in [5.41, 5.74) is 3.19. The summed E-state index contributed by atoms with van der Waals surface area (Å²) in [6.07, 6.45) is 0.850. The van der Waals surface area contributed by atoms with Gasteiger partial charge < -0.3 is 10.2 Å². The second-order valence-corrected chi connectivity index (χ2v) is 5.64. The minimum atomic E-state index is -0.262. The Morgan fingerprint density at radius 2 is 1.68 bits per heavy atom. The number of anilines is 3. The van der Waals surface area contributed by atoms with Crippen LogP contribution in [0.3, 0.4) is 0 Å². The third-order valence-electron chi connectivity index (χ3n) is 4.02. The van der Waals surface area contributed by atoms with Gasteiger partial charge in [-0.1, -0.05) is 43.3 Å². The molecule has 1 amide bonds. The Balaban J connectivity index is 1.75. The zero-order valence-corrected chi connectivity index (χ0v) is 14.3. The second kappa shape index (κ2) is 7.57. The monoisotopic (exact) mass is 332 g/mol. The van der Waals surface area contributed by atoms with Crippen LogP contribution in [0.25, 0.3) is 0 Å². The van der Waals surface area contributed by atoms with Gasteiger partial charge in [0, 0.05) is 18.4 Å². The molecule has 3 aromatic rings. The van der Waals surface area contributed by atoms with Gasteiger partial charge in [0.1, 0.15) is 0 Å². The highest BCUT2D eigenvalue weighted by molar-refractivity contribution is 6.03. The zero-order valence-electron chi connectivity index (χ0n) is 14.3. The first kappa shape index (κ1) is 16.6. The van der Waals surface area contributed by atoms with Crippen LogP contribution < -0.4 is 10.2 Å². The molecule has 5 heteroatoms. The summed E-state index contributed by atoms with van der Waals surface area (Å²) in [4.78, 5) is 14.3. The molecule has 5 nitrogen and oxygen atoms in total. The summed E-state index contributed by atoms with van der Waals surface area (Å²) in [7, 11) is 1.91. The minimum absolute atomic E-state index is 0.262. The SMILES string of the molecule is CCc1ccccc1NC(=O)c1ccc(N(C)c2ccccc2)nn1. The molecule has 3 rings (SSSR count). The fourth-order valence-electron chi connectivity index (χ4n) is 2.55. The van der Waals surface area contributed by atoms with Crippen LogP contribution in [0.4, 0.5) is 17.2 Å². The summed E-state index contributed by atoms with van der Waals surface area (Å²) in [5.74, 6) is 0.416. The number of para-hydroxylation sites is 2. The molecular weight excluding hydrogens is 312 g/mol. The Hall–Kier alpha value is -3.21. The molecule has 0 fully saturated rings. The molecule has 0 aliphatic heterocycles. The van der Waals surface area contributed by atoms with E-state index in [2.05, 4.69) is 22.4 Å². The number of amides is 1. The van der Waals surface area contributed by atoms with E-state index in [4.69, 9.17) is 0 Å². The Morgan fingerprint density at radius 3 is 2.36 bits per heavy atom. The van der Waals surface area contributed by atoms with Crippen molar-refractivity contribution in [1.82, 2.24) is 10.2 Å². The van der Waals surface area contributed by atoms with Gasteiger partial charge in [0.2, 0.25) is 0 Å². The standard InChI is InChI=1S/C20H20N4O/c1-3-15-9-7-8-12-17(15)21-20(25)18-13-14-19(23-22-18)24(2)16-10-5-4-6-11-16/h4-14H,3H2,1-2H3,(H,21,25). The predicted molar refractivity (Wildman–Crippen MR) is 100 cm³/mol. The molecule has 0 aliphatic rings. The molecule has 0 spiro atoms. The lowest BCUT2D eigenvalue weighted by Gasteiger charge is -2.17. The van der Waals surface area contributed by atoms with Crippen molar-refractivity contribution in [2.75, 3.05) is 17.3 Å². The number of hydrogen-bond acceptors (Lipinski definition) is 4. The van der Waals surface area contributed by atoms with E-state index in [0.717, 1.165) is 23.4 Å². The Kier molecular flexibility index (Phi) is 5.04. The van der Waals surface area contributed by atoms with Crippen LogP contribution >= 0.6 is 0 Å². The third kappa shape index (κ3) is 3.83.